The van der Waals surface area contributed by atoms with Gasteiger partial charge in [-0.25, -0.2) is 9.59 Å². The van der Waals surface area contributed by atoms with Gasteiger partial charge >= 0.3 is 12.1 Å². The number of fused-ring (bicyclic) bond motifs is 3. The van der Waals surface area contributed by atoms with Crippen molar-refractivity contribution >= 4 is 23.7 Å². The van der Waals surface area contributed by atoms with Crippen molar-refractivity contribution in [3.8, 4) is 11.1 Å². The van der Waals surface area contributed by atoms with Crippen LogP contribution in [-0.4, -0.2) is 35.2 Å². The Bertz CT molecular complexity index is 1070. The quantitative estimate of drug-likeness (QED) is 0.616. The highest BCUT2D eigenvalue weighted by atomic mass is 35.5. The molecule has 0 spiro atoms. The highest BCUT2D eigenvalue weighted by Crippen LogP contribution is 2.47. The Morgan fingerprint density at radius 2 is 1.50 bits per heavy atom. The number of carboxylic acid groups (broad SMARTS) is 1. The zero-order chi connectivity index (χ0) is 21.3. The molecule has 0 unspecified atom stereocenters. The van der Waals surface area contributed by atoms with Crippen molar-refractivity contribution in [1.29, 1.82) is 0 Å². The second-order valence-electron chi connectivity index (χ2n) is 7.10. The molecule has 0 saturated carbocycles. The third kappa shape index (κ3) is 3.42. The van der Waals surface area contributed by atoms with Crippen LogP contribution in [0.2, 0.25) is 5.02 Å². The molecule has 0 aliphatic heterocycles. The van der Waals surface area contributed by atoms with Crippen LogP contribution in [0.3, 0.4) is 0 Å². The van der Waals surface area contributed by atoms with Crippen molar-refractivity contribution in [2.45, 2.75) is 18.5 Å². The summed E-state index contributed by atoms with van der Waals surface area (Å²) in [6.45, 7) is 0. The number of benzene rings is 3. The van der Waals surface area contributed by atoms with E-state index in [4.69, 9.17) is 16.3 Å². The summed E-state index contributed by atoms with van der Waals surface area (Å²) in [4.78, 5) is 26.6. The summed E-state index contributed by atoms with van der Waals surface area (Å²) in [5, 5.41) is 10.6. The summed E-state index contributed by atoms with van der Waals surface area (Å²) in [5.74, 6) is -1.12. The summed E-state index contributed by atoms with van der Waals surface area (Å²) in [6.07, 6.45) is -0.642. The Balaban J connectivity index is 1.86. The molecule has 0 radical (unpaired) electrons. The maximum absolute atomic E-state index is 12.9. The predicted octanol–water partition coefficient (Wildman–Crippen LogP) is 5.17. The first-order valence-electron chi connectivity index (χ1n) is 9.53. The van der Waals surface area contributed by atoms with E-state index in [1.54, 1.807) is 24.3 Å². The molecule has 1 amide bonds. The van der Waals surface area contributed by atoms with E-state index in [1.807, 2.05) is 48.5 Å². The molecule has 0 bridgehead atoms. The highest BCUT2D eigenvalue weighted by Gasteiger charge is 2.42. The third-order valence-corrected chi connectivity index (χ3v) is 5.83. The summed E-state index contributed by atoms with van der Waals surface area (Å²) >= 11 is 6.29. The number of nitrogens with zero attached hydrogens (tertiary/aromatic N) is 1. The Kier molecular flexibility index (Phi) is 5.46. The van der Waals surface area contributed by atoms with E-state index in [2.05, 4.69) is 0 Å². The van der Waals surface area contributed by atoms with Gasteiger partial charge in [0.25, 0.3) is 0 Å². The van der Waals surface area contributed by atoms with Crippen LogP contribution in [0, 0.1) is 0 Å². The molecular weight excluding hydrogens is 402 g/mol. The average Bonchev–Trinajstić information content (AvgIpc) is 3.09. The minimum Gasteiger partial charge on any atom is -0.480 e. The molecule has 1 atom stereocenters. The number of aliphatic carboxylic acids is 1. The molecule has 1 aliphatic rings. The van der Waals surface area contributed by atoms with Gasteiger partial charge in [-0.3, -0.25) is 4.90 Å². The fourth-order valence-electron chi connectivity index (χ4n) is 4.12. The molecule has 152 valence electrons. The SMILES string of the molecule is COC(=O)N(C1c2ccccc2-c2ccccc21)[C@@H](Cc1ccccc1Cl)C(=O)O. The molecule has 1 N–H and O–H groups in total. The van der Waals surface area contributed by atoms with Gasteiger partial charge in [0.2, 0.25) is 0 Å². The first-order chi connectivity index (χ1) is 14.5. The van der Waals surface area contributed by atoms with Crippen molar-refractivity contribution in [1.82, 2.24) is 4.90 Å². The first kappa shape index (κ1) is 20.0. The van der Waals surface area contributed by atoms with Crippen molar-refractivity contribution in [2.75, 3.05) is 7.11 Å². The molecule has 0 aromatic heterocycles. The highest BCUT2D eigenvalue weighted by molar-refractivity contribution is 6.31. The van der Waals surface area contributed by atoms with E-state index < -0.39 is 24.1 Å². The number of methoxy groups -OCH3 is 1. The minimum absolute atomic E-state index is 0.0605. The van der Waals surface area contributed by atoms with Crippen LogP contribution in [0.1, 0.15) is 22.7 Å². The molecular formula is C24H20ClNO4. The lowest BCUT2D eigenvalue weighted by Gasteiger charge is -2.34. The molecule has 1 aliphatic carbocycles. The number of rotatable bonds is 5. The molecule has 30 heavy (non-hydrogen) atoms. The second kappa shape index (κ2) is 8.20. The third-order valence-electron chi connectivity index (χ3n) is 5.46. The molecule has 5 nitrogen and oxygen atoms in total. The number of halogens is 1. The fraction of sp³-hybridized carbons (Fsp3) is 0.167. The summed E-state index contributed by atoms with van der Waals surface area (Å²) in [7, 11) is 1.26. The maximum Gasteiger partial charge on any atom is 0.411 e. The number of hydrogen-bond donors (Lipinski definition) is 1. The van der Waals surface area contributed by atoms with Crippen LogP contribution in [0.25, 0.3) is 11.1 Å². The normalized spacial score (nSPS) is 13.3. The van der Waals surface area contributed by atoms with Gasteiger partial charge in [0.05, 0.1) is 13.2 Å². The van der Waals surface area contributed by atoms with Gasteiger partial charge in [-0.05, 0) is 33.9 Å². The van der Waals surface area contributed by atoms with Gasteiger partial charge < -0.3 is 9.84 Å². The number of hydrogen-bond acceptors (Lipinski definition) is 3. The van der Waals surface area contributed by atoms with Gasteiger partial charge in [0.1, 0.15) is 6.04 Å². The lowest BCUT2D eigenvalue weighted by molar-refractivity contribution is -0.143. The largest absolute Gasteiger partial charge is 0.480 e. The summed E-state index contributed by atoms with van der Waals surface area (Å²) < 4.78 is 5.04. The monoisotopic (exact) mass is 421 g/mol. The lowest BCUT2D eigenvalue weighted by Crippen LogP contribution is -2.48. The van der Waals surface area contributed by atoms with Crippen molar-refractivity contribution in [3.63, 3.8) is 0 Å². The molecule has 0 heterocycles. The van der Waals surface area contributed by atoms with Crippen molar-refractivity contribution < 1.29 is 19.4 Å². The molecule has 0 saturated heterocycles. The zero-order valence-electron chi connectivity index (χ0n) is 16.3. The van der Waals surface area contributed by atoms with Crippen molar-refractivity contribution in [3.05, 3.63) is 94.5 Å². The number of amides is 1. The number of ether oxygens (including phenoxy) is 1. The topological polar surface area (TPSA) is 66.8 Å². The first-order valence-corrected chi connectivity index (χ1v) is 9.91. The van der Waals surface area contributed by atoms with E-state index in [9.17, 15) is 14.7 Å². The van der Waals surface area contributed by atoms with Crippen molar-refractivity contribution in [2.24, 2.45) is 0 Å². The van der Waals surface area contributed by atoms with E-state index in [0.29, 0.717) is 10.6 Å². The van der Waals surface area contributed by atoms with E-state index in [1.165, 1.54) is 12.0 Å². The Hall–Kier alpha value is -3.31. The minimum atomic E-state index is -1.17. The molecule has 0 fully saturated rings. The van der Waals surface area contributed by atoms with Crippen LogP contribution in [-0.2, 0) is 16.0 Å². The van der Waals surface area contributed by atoms with E-state index in [-0.39, 0.29) is 6.42 Å². The number of carboxylic acids is 1. The van der Waals surface area contributed by atoms with Crippen LogP contribution >= 0.6 is 11.6 Å². The maximum atomic E-state index is 12.9. The van der Waals surface area contributed by atoms with Gasteiger partial charge in [-0.15, -0.1) is 0 Å². The lowest BCUT2D eigenvalue weighted by atomic mass is 9.98. The predicted molar refractivity (Wildman–Crippen MR) is 115 cm³/mol. The van der Waals surface area contributed by atoms with Crippen LogP contribution in [0.5, 0.6) is 0 Å². The van der Waals surface area contributed by atoms with E-state index >= 15 is 0 Å². The van der Waals surface area contributed by atoms with Crippen LogP contribution < -0.4 is 0 Å². The smallest absolute Gasteiger partial charge is 0.411 e. The zero-order valence-corrected chi connectivity index (χ0v) is 17.0. The molecule has 4 rings (SSSR count). The standard InChI is InChI=1S/C24H20ClNO4/c1-30-24(29)26(21(23(27)28)14-15-8-2-7-13-20(15)25)22-18-11-5-3-9-16(18)17-10-4-6-12-19(17)22/h2-13,21-22H,14H2,1H3,(H,27,28)/t21-/m0/s1. The van der Waals surface area contributed by atoms with Gasteiger partial charge in [-0.2, -0.15) is 0 Å². The van der Waals surface area contributed by atoms with Crippen LogP contribution in [0.4, 0.5) is 4.79 Å². The number of carbonyl (C=O) groups is 2. The second-order valence-corrected chi connectivity index (χ2v) is 7.51. The Morgan fingerprint density at radius 1 is 0.967 bits per heavy atom. The Labute approximate surface area is 179 Å². The van der Waals surface area contributed by atoms with Gasteiger partial charge in [0.15, 0.2) is 0 Å². The van der Waals surface area contributed by atoms with E-state index in [0.717, 1.165) is 22.3 Å². The summed E-state index contributed by atoms with van der Waals surface area (Å²) in [6, 6.07) is 20.7. The Morgan fingerprint density at radius 3 is 2.03 bits per heavy atom. The average molecular weight is 422 g/mol. The van der Waals surface area contributed by atoms with Gasteiger partial charge in [0, 0.05) is 11.4 Å². The summed E-state index contributed by atoms with van der Waals surface area (Å²) in [5.41, 5.74) is 4.35. The van der Waals surface area contributed by atoms with Crippen LogP contribution in [0.15, 0.2) is 72.8 Å². The fourth-order valence-corrected chi connectivity index (χ4v) is 4.34. The van der Waals surface area contributed by atoms with Gasteiger partial charge in [-0.1, -0.05) is 78.3 Å². The number of carbonyl (C=O) groups excluding carboxylic acids is 1. The molecule has 3 aromatic rings. The molecule has 3 aromatic carbocycles. The molecule has 6 heteroatoms.